The molecule has 0 unspecified atom stereocenters. The molecule has 0 spiro atoms. The average molecular weight is 413 g/mol. The van der Waals surface area contributed by atoms with E-state index in [9.17, 15) is 0 Å². The number of fused-ring (bicyclic) bond motifs is 1. The number of aryl methyl sites for hydroxylation is 1. The van der Waals surface area contributed by atoms with Crippen molar-refractivity contribution < 1.29 is 4.74 Å². The minimum absolute atomic E-state index is 0.817. The Kier molecular flexibility index (Phi) is 9.07. The molecule has 0 radical (unpaired) electrons. The predicted octanol–water partition coefficient (Wildman–Crippen LogP) is 7.92. The van der Waals surface area contributed by atoms with Crippen molar-refractivity contribution in [1.29, 1.82) is 0 Å². The summed E-state index contributed by atoms with van der Waals surface area (Å²) < 4.78 is 8.07. The smallest absolute Gasteiger partial charge is 0.194 e. The lowest BCUT2D eigenvalue weighted by Gasteiger charge is -2.06. The summed E-state index contributed by atoms with van der Waals surface area (Å²) in [4.78, 5) is 7.17. The van der Waals surface area contributed by atoms with Gasteiger partial charge in [-0.3, -0.25) is 4.40 Å². The van der Waals surface area contributed by atoms with Crippen LogP contribution in [0.1, 0.15) is 83.7 Å². The number of benzene rings is 1. The summed E-state index contributed by atoms with van der Waals surface area (Å²) in [6.07, 6.45) is 18.4. The standard InChI is InChI=1S/C25H36N2OS/c1-3-5-7-9-11-13-22-19-27-20-24(29-25(27)26-22)21-14-16-23(17-15-21)28-18-12-10-8-6-4-2/h14-17,19-20H,3-13,18H2,1-2H3. The second-order valence-corrected chi connectivity index (χ2v) is 8.98. The van der Waals surface area contributed by atoms with Crippen molar-refractivity contribution in [3.05, 3.63) is 42.4 Å². The van der Waals surface area contributed by atoms with Crippen molar-refractivity contribution in [3.63, 3.8) is 0 Å². The van der Waals surface area contributed by atoms with E-state index in [1.807, 2.05) is 0 Å². The van der Waals surface area contributed by atoms with E-state index in [1.165, 1.54) is 73.9 Å². The maximum absolute atomic E-state index is 5.88. The van der Waals surface area contributed by atoms with E-state index in [0.29, 0.717) is 0 Å². The van der Waals surface area contributed by atoms with E-state index in [2.05, 4.69) is 54.9 Å². The molecule has 29 heavy (non-hydrogen) atoms. The van der Waals surface area contributed by atoms with Crippen LogP contribution in [0.15, 0.2) is 36.7 Å². The van der Waals surface area contributed by atoms with Gasteiger partial charge in [0.25, 0.3) is 0 Å². The lowest BCUT2D eigenvalue weighted by molar-refractivity contribution is 0.304. The molecule has 0 saturated carbocycles. The number of unbranched alkanes of at least 4 members (excludes halogenated alkanes) is 8. The molecule has 2 aromatic heterocycles. The van der Waals surface area contributed by atoms with E-state index >= 15 is 0 Å². The van der Waals surface area contributed by atoms with Gasteiger partial charge in [0.15, 0.2) is 4.96 Å². The summed E-state index contributed by atoms with van der Waals surface area (Å²) in [5.41, 5.74) is 2.46. The number of aromatic nitrogens is 2. The summed E-state index contributed by atoms with van der Waals surface area (Å²) in [5.74, 6) is 0.968. The van der Waals surface area contributed by atoms with Crippen LogP contribution < -0.4 is 4.74 Å². The summed E-state index contributed by atoms with van der Waals surface area (Å²) in [6, 6.07) is 8.50. The third-order valence-electron chi connectivity index (χ3n) is 5.40. The van der Waals surface area contributed by atoms with Crippen LogP contribution in [0.3, 0.4) is 0 Å². The number of rotatable bonds is 14. The molecule has 1 aromatic carbocycles. The molecule has 4 heteroatoms. The average Bonchev–Trinajstić information content (AvgIpc) is 3.30. The van der Waals surface area contributed by atoms with E-state index in [1.54, 1.807) is 11.3 Å². The molecule has 0 bridgehead atoms. The van der Waals surface area contributed by atoms with E-state index in [4.69, 9.17) is 9.72 Å². The van der Waals surface area contributed by atoms with Gasteiger partial charge in [0.2, 0.25) is 0 Å². The maximum atomic E-state index is 5.88. The van der Waals surface area contributed by atoms with Crippen molar-refractivity contribution in [2.75, 3.05) is 6.61 Å². The van der Waals surface area contributed by atoms with Crippen molar-refractivity contribution in [2.24, 2.45) is 0 Å². The third-order valence-corrected chi connectivity index (χ3v) is 6.44. The van der Waals surface area contributed by atoms with Gasteiger partial charge in [-0.2, -0.15) is 0 Å². The molecular weight excluding hydrogens is 376 g/mol. The lowest BCUT2D eigenvalue weighted by atomic mass is 10.1. The summed E-state index contributed by atoms with van der Waals surface area (Å²) in [6.45, 7) is 5.33. The van der Waals surface area contributed by atoms with Crippen LogP contribution >= 0.6 is 11.3 Å². The Morgan fingerprint density at radius 1 is 0.828 bits per heavy atom. The minimum Gasteiger partial charge on any atom is -0.494 e. The molecule has 0 amide bonds. The van der Waals surface area contributed by atoms with Gasteiger partial charge in [-0.15, -0.1) is 0 Å². The van der Waals surface area contributed by atoms with E-state index in [0.717, 1.165) is 30.2 Å². The quantitative estimate of drug-likeness (QED) is 0.251. The molecule has 3 nitrogen and oxygen atoms in total. The zero-order valence-corrected chi connectivity index (χ0v) is 19.0. The molecule has 0 atom stereocenters. The highest BCUT2D eigenvalue weighted by Crippen LogP contribution is 2.30. The van der Waals surface area contributed by atoms with Gasteiger partial charge in [-0.1, -0.05) is 76.6 Å². The zero-order valence-electron chi connectivity index (χ0n) is 18.2. The molecule has 158 valence electrons. The molecule has 0 N–H and O–H groups in total. The summed E-state index contributed by atoms with van der Waals surface area (Å²) in [7, 11) is 0. The van der Waals surface area contributed by atoms with Crippen LogP contribution in [0, 0.1) is 0 Å². The molecule has 0 aliphatic carbocycles. The van der Waals surface area contributed by atoms with Crippen molar-refractivity contribution in [3.8, 4) is 16.2 Å². The van der Waals surface area contributed by atoms with Gasteiger partial charge < -0.3 is 4.74 Å². The SMILES string of the molecule is CCCCCCCOc1ccc(-c2cn3cc(CCCCCCC)nc3s2)cc1. The Morgan fingerprint density at radius 3 is 2.21 bits per heavy atom. The fourth-order valence-electron chi connectivity index (χ4n) is 3.62. The predicted molar refractivity (Wildman–Crippen MR) is 125 cm³/mol. The highest BCUT2D eigenvalue weighted by atomic mass is 32.1. The van der Waals surface area contributed by atoms with Crippen LogP contribution in [-0.4, -0.2) is 16.0 Å². The Morgan fingerprint density at radius 2 is 1.52 bits per heavy atom. The number of thiazole rings is 1. The first-order valence-corrected chi connectivity index (χ1v) is 12.3. The van der Waals surface area contributed by atoms with Gasteiger partial charge in [0.05, 0.1) is 17.2 Å². The highest BCUT2D eigenvalue weighted by molar-refractivity contribution is 7.20. The Balaban J connectivity index is 1.48. The molecule has 0 saturated heterocycles. The Hall–Kier alpha value is -1.81. The maximum Gasteiger partial charge on any atom is 0.194 e. The number of nitrogens with zero attached hydrogens (tertiary/aromatic N) is 2. The third kappa shape index (κ3) is 6.88. The number of imidazole rings is 1. The second-order valence-electron chi connectivity index (χ2n) is 7.97. The minimum atomic E-state index is 0.817. The number of ether oxygens (including phenoxy) is 1. The molecule has 0 fully saturated rings. The van der Waals surface area contributed by atoms with Crippen LogP contribution in [0.4, 0.5) is 0 Å². The van der Waals surface area contributed by atoms with E-state index in [-0.39, 0.29) is 0 Å². The van der Waals surface area contributed by atoms with Crippen LogP contribution in [0.25, 0.3) is 15.4 Å². The topological polar surface area (TPSA) is 26.5 Å². The first kappa shape index (κ1) is 21.9. The van der Waals surface area contributed by atoms with E-state index < -0.39 is 0 Å². The van der Waals surface area contributed by atoms with Crippen molar-refractivity contribution >= 4 is 16.3 Å². The fraction of sp³-hybridized carbons (Fsp3) is 0.560. The van der Waals surface area contributed by atoms with Crippen LogP contribution in [0.5, 0.6) is 5.75 Å². The van der Waals surface area contributed by atoms with Crippen molar-refractivity contribution in [1.82, 2.24) is 9.38 Å². The zero-order chi connectivity index (χ0) is 20.3. The van der Waals surface area contributed by atoms with Crippen LogP contribution in [0.2, 0.25) is 0 Å². The molecule has 3 aromatic rings. The number of hydrogen-bond donors (Lipinski definition) is 0. The Bertz CT molecular complexity index is 803. The molecule has 3 rings (SSSR count). The van der Waals surface area contributed by atoms with Gasteiger partial charge in [0, 0.05) is 12.4 Å². The first-order chi connectivity index (χ1) is 14.3. The van der Waals surface area contributed by atoms with Crippen molar-refractivity contribution in [2.45, 2.75) is 84.5 Å². The van der Waals surface area contributed by atoms with Gasteiger partial charge >= 0.3 is 0 Å². The monoisotopic (exact) mass is 412 g/mol. The normalized spacial score (nSPS) is 11.4. The largest absolute Gasteiger partial charge is 0.494 e. The lowest BCUT2D eigenvalue weighted by Crippen LogP contribution is -1.97. The summed E-state index contributed by atoms with van der Waals surface area (Å²) >= 11 is 1.76. The molecular formula is C25H36N2OS. The summed E-state index contributed by atoms with van der Waals surface area (Å²) in [5, 5.41) is 0. The Labute approximate surface area is 180 Å². The highest BCUT2D eigenvalue weighted by Gasteiger charge is 2.08. The number of hydrogen-bond acceptors (Lipinski definition) is 3. The molecule has 2 heterocycles. The van der Waals surface area contributed by atoms with Gasteiger partial charge in [-0.05, 0) is 49.1 Å². The second kappa shape index (κ2) is 12.0. The first-order valence-electron chi connectivity index (χ1n) is 11.5. The van der Waals surface area contributed by atoms with Gasteiger partial charge in [0.1, 0.15) is 5.75 Å². The molecule has 0 aliphatic heterocycles. The van der Waals surface area contributed by atoms with Gasteiger partial charge in [-0.25, -0.2) is 4.98 Å². The molecule has 0 aliphatic rings. The van der Waals surface area contributed by atoms with Crippen LogP contribution in [-0.2, 0) is 6.42 Å². The fourth-order valence-corrected chi connectivity index (χ4v) is 4.61.